The van der Waals surface area contributed by atoms with Crippen LogP contribution in [0.1, 0.15) is 23.6 Å². The molecule has 0 saturated heterocycles. The van der Waals surface area contributed by atoms with Gasteiger partial charge in [0.2, 0.25) is 5.91 Å². The first-order valence-corrected chi connectivity index (χ1v) is 9.71. The zero-order valence-electron chi connectivity index (χ0n) is 16.6. The molecule has 1 heterocycles. The maximum Gasteiger partial charge on any atom is 0.224 e. The van der Waals surface area contributed by atoms with Gasteiger partial charge in [-0.2, -0.15) is 0 Å². The molecule has 30 heavy (non-hydrogen) atoms. The summed E-state index contributed by atoms with van der Waals surface area (Å²) < 4.78 is 19.1. The number of halogens is 1. The van der Waals surface area contributed by atoms with Crippen LogP contribution < -0.4 is 9.64 Å². The maximum absolute atomic E-state index is 13.6. The number of nitrogens with zero attached hydrogens (tertiary/aromatic N) is 2. The van der Waals surface area contributed by atoms with Crippen molar-refractivity contribution in [2.75, 3.05) is 18.6 Å². The molecule has 0 N–H and O–H groups in total. The lowest BCUT2D eigenvalue weighted by Crippen LogP contribution is -2.31. The molecule has 1 aliphatic heterocycles. The fourth-order valence-electron chi connectivity index (χ4n) is 4.17. The van der Waals surface area contributed by atoms with Crippen molar-refractivity contribution in [1.82, 2.24) is 0 Å². The Labute approximate surface area is 173 Å². The number of aliphatic imine (C=N–C) groups is 1. The maximum atomic E-state index is 13.6. The number of hydrogen-bond acceptors (Lipinski definition) is 3. The molecule has 5 rings (SSSR count). The lowest BCUT2D eigenvalue weighted by atomic mass is 9.97. The number of anilines is 1. The first-order chi connectivity index (χ1) is 14.6. The molecule has 0 aromatic heterocycles. The summed E-state index contributed by atoms with van der Waals surface area (Å²) in [6, 6.07) is 20.0. The minimum Gasteiger partial charge on any atom is -0.497 e. The van der Waals surface area contributed by atoms with Crippen LogP contribution in [0.2, 0.25) is 0 Å². The van der Waals surface area contributed by atoms with Crippen LogP contribution in [-0.4, -0.2) is 25.3 Å². The van der Waals surface area contributed by atoms with Crippen LogP contribution in [-0.2, 0) is 4.79 Å². The number of methoxy groups -OCH3 is 1. The molecule has 0 spiro atoms. The molecule has 0 bridgehead atoms. The van der Waals surface area contributed by atoms with Gasteiger partial charge < -0.3 is 9.64 Å². The molecular formula is C25H19FN2O2. The van der Waals surface area contributed by atoms with E-state index in [0.29, 0.717) is 6.54 Å². The summed E-state index contributed by atoms with van der Waals surface area (Å²) in [7, 11) is 1.63. The van der Waals surface area contributed by atoms with Crippen LogP contribution in [0, 0.1) is 5.82 Å². The third-order valence-electron chi connectivity index (χ3n) is 5.57. The standard InChI is InChI=1S/C25H19FN2O2/c1-15(29)28-14-21-24(16-7-9-17(26)10-8-16)20-13-18(30-2)11-12-19(20)25(21)27-22-5-3-4-6-23(22)28/h3-13H,14H2,1-2H3. The number of hydrogen-bond donors (Lipinski definition) is 0. The summed E-state index contributed by atoms with van der Waals surface area (Å²) in [4.78, 5) is 19.3. The van der Waals surface area contributed by atoms with Gasteiger partial charge in [-0.05, 0) is 59.2 Å². The highest BCUT2D eigenvalue weighted by molar-refractivity contribution is 6.27. The first kappa shape index (κ1) is 18.3. The van der Waals surface area contributed by atoms with Gasteiger partial charge in [-0.25, -0.2) is 9.38 Å². The van der Waals surface area contributed by atoms with Gasteiger partial charge in [-0.15, -0.1) is 0 Å². The SMILES string of the molecule is COc1ccc2c(c1)C(c1ccc(F)cc1)=C1CN(C(C)=O)c3ccccc3N=C12. The van der Waals surface area contributed by atoms with Crippen molar-refractivity contribution in [3.63, 3.8) is 0 Å². The molecule has 5 heteroatoms. The highest BCUT2D eigenvalue weighted by Gasteiger charge is 2.33. The summed E-state index contributed by atoms with van der Waals surface area (Å²) in [5.74, 6) is 0.383. The van der Waals surface area contributed by atoms with Crippen molar-refractivity contribution in [2.45, 2.75) is 6.92 Å². The third-order valence-corrected chi connectivity index (χ3v) is 5.57. The van der Waals surface area contributed by atoms with E-state index in [1.165, 1.54) is 12.1 Å². The molecule has 4 nitrogen and oxygen atoms in total. The zero-order chi connectivity index (χ0) is 20.8. The number of benzene rings is 3. The van der Waals surface area contributed by atoms with Crippen molar-refractivity contribution in [2.24, 2.45) is 4.99 Å². The molecule has 3 aromatic carbocycles. The number of carbonyl (C=O) groups is 1. The van der Waals surface area contributed by atoms with Gasteiger partial charge in [0, 0.05) is 18.1 Å². The zero-order valence-corrected chi connectivity index (χ0v) is 16.6. The van der Waals surface area contributed by atoms with Crippen molar-refractivity contribution >= 4 is 28.6 Å². The smallest absolute Gasteiger partial charge is 0.224 e. The predicted octanol–water partition coefficient (Wildman–Crippen LogP) is 5.14. The van der Waals surface area contributed by atoms with Crippen LogP contribution in [0.15, 0.2) is 77.3 Å². The van der Waals surface area contributed by atoms with Crippen molar-refractivity contribution < 1.29 is 13.9 Å². The minimum atomic E-state index is -0.291. The van der Waals surface area contributed by atoms with E-state index in [4.69, 9.17) is 9.73 Å². The van der Waals surface area contributed by atoms with E-state index in [-0.39, 0.29) is 11.7 Å². The van der Waals surface area contributed by atoms with E-state index < -0.39 is 0 Å². The Morgan fingerprint density at radius 1 is 1.03 bits per heavy atom. The Bertz CT molecular complexity index is 1240. The number of ether oxygens (including phenoxy) is 1. The van der Waals surface area contributed by atoms with Gasteiger partial charge in [0.25, 0.3) is 0 Å². The van der Waals surface area contributed by atoms with E-state index in [1.54, 1.807) is 31.1 Å². The molecule has 1 aliphatic carbocycles. The molecule has 3 aromatic rings. The largest absolute Gasteiger partial charge is 0.497 e. The number of rotatable bonds is 2. The van der Waals surface area contributed by atoms with Crippen LogP contribution in [0.4, 0.5) is 15.8 Å². The lowest BCUT2D eigenvalue weighted by Gasteiger charge is -2.22. The van der Waals surface area contributed by atoms with Crippen molar-refractivity contribution in [3.8, 4) is 5.75 Å². The molecular weight excluding hydrogens is 379 g/mol. The molecule has 1 amide bonds. The average molecular weight is 398 g/mol. The summed E-state index contributed by atoms with van der Waals surface area (Å²) in [5.41, 5.74) is 7.08. The monoisotopic (exact) mass is 398 g/mol. The molecule has 0 saturated carbocycles. The van der Waals surface area contributed by atoms with Crippen LogP contribution in [0.3, 0.4) is 0 Å². The van der Waals surface area contributed by atoms with Gasteiger partial charge in [0.1, 0.15) is 11.6 Å². The molecule has 2 aliphatic rings. The quantitative estimate of drug-likeness (QED) is 0.600. The van der Waals surface area contributed by atoms with E-state index >= 15 is 0 Å². The summed E-state index contributed by atoms with van der Waals surface area (Å²) >= 11 is 0. The topological polar surface area (TPSA) is 41.9 Å². The molecule has 148 valence electrons. The van der Waals surface area contributed by atoms with E-state index in [2.05, 4.69) is 0 Å². The highest BCUT2D eigenvalue weighted by atomic mass is 19.1. The second-order valence-electron chi connectivity index (χ2n) is 7.33. The van der Waals surface area contributed by atoms with E-state index in [9.17, 15) is 9.18 Å². The lowest BCUT2D eigenvalue weighted by molar-refractivity contribution is -0.116. The number of para-hydroxylation sites is 2. The summed E-state index contributed by atoms with van der Waals surface area (Å²) in [6.07, 6.45) is 0. The van der Waals surface area contributed by atoms with Gasteiger partial charge in [-0.3, -0.25) is 4.79 Å². The Morgan fingerprint density at radius 3 is 2.53 bits per heavy atom. The fraction of sp³-hybridized carbons (Fsp3) is 0.120. The third kappa shape index (κ3) is 2.82. The van der Waals surface area contributed by atoms with Crippen LogP contribution >= 0.6 is 0 Å². The second kappa shape index (κ2) is 6.95. The summed E-state index contributed by atoms with van der Waals surface area (Å²) in [6.45, 7) is 1.94. The Morgan fingerprint density at radius 2 is 1.80 bits per heavy atom. The second-order valence-corrected chi connectivity index (χ2v) is 7.33. The Balaban J connectivity index is 1.82. The van der Waals surface area contributed by atoms with Gasteiger partial charge in [0.15, 0.2) is 0 Å². The summed E-state index contributed by atoms with van der Waals surface area (Å²) in [5, 5.41) is 0. The van der Waals surface area contributed by atoms with E-state index in [1.807, 2.05) is 42.5 Å². The normalized spacial score (nSPS) is 14.5. The molecule has 0 fully saturated rings. The number of fused-ring (bicyclic) bond motifs is 4. The van der Waals surface area contributed by atoms with Crippen molar-refractivity contribution in [3.05, 3.63) is 94.8 Å². The van der Waals surface area contributed by atoms with Crippen LogP contribution in [0.5, 0.6) is 5.75 Å². The van der Waals surface area contributed by atoms with Crippen LogP contribution in [0.25, 0.3) is 5.57 Å². The van der Waals surface area contributed by atoms with E-state index in [0.717, 1.165) is 50.7 Å². The minimum absolute atomic E-state index is 0.0570. The molecule has 0 atom stereocenters. The first-order valence-electron chi connectivity index (χ1n) is 9.71. The molecule has 0 radical (unpaired) electrons. The van der Waals surface area contributed by atoms with Gasteiger partial charge >= 0.3 is 0 Å². The number of amides is 1. The van der Waals surface area contributed by atoms with Crippen molar-refractivity contribution in [1.29, 1.82) is 0 Å². The Hall–Kier alpha value is -3.73. The Kier molecular flexibility index (Phi) is 4.24. The average Bonchev–Trinajstić information content (AvgIpc) is 2.94. The fourth-order valence-corrected chi connectivity index (χ4v) is 4.17. The molecule has 0 unspecified atom stereocenters. The van der Waals surface area contributed by atoms with Gasteiger partial charge in [-0.1, -0.05) is 24.3 Å². The predicted molar refractivity (Wildman–Crippen MR) is 116 cm³/mol. The highest BCUT2D eigenvalue weighted by Crippen LogP contribution is 2.44. The number of carbonyl (C=O) groups excluding carboxylic acids is 1. The van der Waals surface area contributed by atoms with Gasteiger partial charge in [0.05, 0.1) is 30.7 Å².